The summed E-state index contributed by atoms with van der Waals surface area (Å²) >= 11 is 6.61. The zero-order valence-corrected chi connectivity index (χ0v) is 21.9. The molecule has 1 N–H and O–H groups in total. The lowest BCUT2D eigenvalue weighted by Crippen LogP contribution is -2.39. The Morgan fingerprint density at radius 1 is 1.23 bits per heavy atom. The molecule has 3 heterocycles. The molecule has 2 aromatic carbocycles. The summed E-state index contributed by atoms with van der Waals surface area (Å²) in [5.41, 5.74) is 6.37. The van der Waals surface area contributed by atoms with Crippen molar-refractivity contribution in [3.63, 3.8) is 0 Å². The quantitative estimate of drug-likeness (QED) is 0.548. The zero-order valence-electron chi connectivity index (χ0n) is 21.1. The molecule has 0 spiro atoms. The average molecular weight is 496 g/mol. The van der Waals surface area contributed by atoms with E-state index in [0.717, 1.165) is 82.7 Å². The second kappa shape index (κ2) is 10.8. The number of amides is 1. The first-order chi connectivity index (χ1) is 17.0. The van der Waals surface area contributed by atoms with Gasteiger partial charge in [-0.3, -0.25) is 9.69 Å². The monoisotopic (exact) mass is 495 g/mol. The number of rotatable bonds is 7. The first kappa shape index (κ1) is 24.5. The predicted octanol–water partition coefficient (Wildman–Crippen LogP) is 5.53. The van der Waals surface area contributed by atoms with Crippen LogP contribution >= 0.6 is 11.6 Å². The Bertz CT molecular complexity index is 1070. The summed E-state index contributed by atoms with van der Waals surface area (Å²) in [6.07, 6.45) is 5.18. The number of ether oxygens (including phenoxy) is 1. The Kier molecular flexibility index (Phi) is 7.54. The first-order valence-electron chi connectivity index (χ1n) is 13.3. The lowest BCUT2D eigenvalue weighted by molar-refractivity contribution is -0.136. The number of nitrogens with zero attached hydrogens (tertiary/aromatic N) is 2. The van der Waals surface area contributed by atoms with Crippen LogP contribution in [0.25, 0.3) is 0 Å². The highest BCUT2D eigenvalue weighted by atomic mass is 35.5. The molecule has 1 atom stereocenters. The Hall–Kier alpha value is -2.24. The minimum Gasteiger partial charge on any atom is -0.492 e. The van der Waals surface area contributed by atoms with Crippen LogP contribution in [0, 0.1) is 11.8 Å². The van der Waals surface area contributed by atoms with E-state index >= 15 is 0 Å². The van der Waals surface area contributed by atoms with Crippen molar-refractivity contribution in [2.24, 2.45) is 11.8 Å². The molecule has 35 heavy (non-hydrogen) atoms. The first-order valence-corrected chi connectivity index (χ1v) is 13.7. The van der Waals surface area contributed by atoms with Gasteiger partial charge in [0, 0.05) is 38.4 Å². The van der Waals surface area contributed by atoms with Gasteiger partial charge in [0.25, 0.3) is 0 Å². The summed E-state index contributed by atoms with van der Waals surface area (Å²) in [5, 5.41) is 4.23. The van der Waals surface area contributed by atoms with Crippen molar-refractivity contribution in [2.45, 2.75) is 59.0 Å². The molecule has 3 aliphatic rings. The largest absolute Gasteiger partial charge is 0.492 e. The van der Waals surface area contributed by atoms with Crippen LogP contribution in [0.15, 0.2) is 30.3 Å². The Balaban J connectivity index is 1.27. The Morgan fingerprint density at radius 2 is 2.11 bits per heavy atom. The van der Waals surface area contributed by atoms with Gasteiger partial charge in [0.1, 0.15) is 5.75 Å². The number of benzene rings is 2. The number of aryl methyl sites for hydroxylation is 1. The fourth-order valence-corrected chi connectivity index (χ4v) is 6.17. The highest BCUT2D eigenvalue weighted by molar-refractivity contribution is 6.32. The van der Waals surface area contributed by atoms with E-state index < -0.39 is 0 Å². The van der Waals surface area contributed by atoms with Crippen molar-refractivity contribution in [1.29, 1.82) is 0 Å². The van der Waals surface area contributed by atoms with E-state index in [1.54, 1.807) is 0 Å². The number of halogens is 1. The lowest BCUT2D eigenvalue weighted by Gasteiger charge is -2.28. The summed E-state index contributed by atoms with van der Waals surface area (Å²) < 4.78 is 5.90. The van der Waals surface area contributed by atoms with Crippen molar-refractivity contribution >= 4 is 23.2 Å². The summed E-state index contributed by atoms with van der Waals surface area (Å²) in [7, 11) is 0. The topological polar surface area (TPSA) is 44.8 Å². The molecule has 188 valence electrons. The fourth-order valence-electron chi connectivity index (χ4n) is 5.86. The number of likely N-dealkylation sites (tertiary alicyclic amines) is 1. The number of carbonyl (C=O) groups excluding carboxylic acids is 1. The number of hydrogen-bond donors (Lipinski definition) is 1. The van der Waals surface area contributed by atoms with Crippen molar-refractivity contribution in [2.75, 3.05) is 38.1 Å². The minimum absolute atomic E-state index is 0.0538. The van der Waals surface area contributed by atoms with E-state index in [1.165, 1.54) is 22.4 Å². The highest BCUT2D eigenvalue weighted by Crippen LogP contribution is 2.34. The lowest BCUT2D eigenvalue weighted by atomic mass is 10.0. The van der Waals surface area contributed by atoms with E-state index in [1.807, 2.05) is 6.07 Å². The van der Waals surface area contributed by atoms with Crippen molar-refractivity contribution in [3.8, 4) is 5.75 Å². The number of anilines is 1. The van der Waals surface area contributed by atoms with Gasteiger partial charge in [0.05, 0.1) is 17.5 Å². The van der Waals surface area contributed by atoms with Gasteiger partial charge in [-0.05, 0) is 72.9 Å². The van der Waals surface area contributed by atoms with Gasteiger partial charge in [0.2, 0.25) is 5.91 Å². The second-order valence-electron chi connectivity index (χ2n) is 10.8. The summed E-state index contributed by atoms with van der Waals surface area (Å²) in [5.74, 6) is 1.58. The molecule has 0 bridgehead atoms. The maximum Gasteiger partial charge on any atom is 0.227 e. The van der Waals surface area contributed by atoms with Gasteiger partial charge in [-0.2, -0.15) is 0 Å². The zero-order chi connectivity index (χ0) is 24.4. The number of nitrogens with one attached hydrogen (secondary N) is 1. The molecular weight excluding hydrogens is 458 g/mol. The molecule has 0 radical (unpaired) electrons. The van der Waals surface area contributed by atoms with Gasteiger partial charge in [0.15, 0.2) is 0 Å². The minimum atomic E-state index is 0.0538. The number of carbonyl (C=O) groups is 1. The van der Waals surface area contributed by atoms with Crippen LogP contribution in [0.1, 0.15) is 55.4 Å². The molecule has 2 aromatic rings. The smallest absolute Gasteiger partial charge is 0.227 e. The number of fused-ring (bicyclic) bond motifs is 2. The van der Waals surface area contributed by atoms with E-state index in [2.05, 4.69) is 53.2 Å². The maximum absolute atomic E-state index is 13.7. The fraction of sp³-hybridized carbons (Fsp3) is 0.552. The summed E-state index contributed by atoms with van der Waals surface area (Å²) in [6, 6.07) is 10.8. The Labute approximate surface area is 214 Å². The van der Waals surface area contributed by atoms with Crippen LogP contribution in [-0.4, -0.2) is 48.5 Å². The summed E-state index contributed by atoms with van der Waals surface area (Å²) in [4.78, 5) is 18.2. The Morgan fingerprint density at radius 3 is 2.97 bits per heavy atom. The van der Waals surface area contributed by atoms with Crippen LogP contribution in [0.3, 0.4) is 0 Å². The summed E-state index contributed by atoms with van der Waals surface area (Å²) in [6.45, 7) is 10.2. The van der Waals surface area contributed by atoms with Crippen LogP contribution < -0.4 is 10.1 Å². The van der Waals surface area contributed by atoms with Crippen molar-refractivity contribution in [1.82, 2.24) is 9.80 Å². The van der Waals surface area contributed by atoms with E-state index in [0.29, 0.717) is 17.5 Å². The average Bonchev–Trinajstić information content (AvgIpc) is 3.43. The molecule has 0 aromatic heterocycles. The van der Waals surface area contributed by atoms with Crippen LogP contribution in [-0.2, 0) is 30.7 Å². The van der Waals surface area contributed by atoms with E-state index in [4.69, 9.17) is 16.3 Å². The molecule has 5 rings (SSSR count). The third-order valence-corrected chi connectivity index (χ3v) is 7.77. The third kappa shape index (κ3) is 5.62. The SMILES string of the molecule is CC(C)CN(Cc1cc(Cl)c2c(c1)CCCCO2)C(=O)[C@@H]1CCN(Cc2cccc3c2NCC3)C1. The van der Waals surface area contributed by atoms with Gasteiger partial charge >= 0.3 is 0 Å². The molecule has 0 aliphatic carbocycles. The third-order valence-electron chi connectivity index (χ3n) is 7.49. The standard InChI is InChI=1S/C29H38ClN3O2/c1-20(2)16-33(17-21-14-23-6-3-4-13-35-28(23)26(30)15-21)29(34)25-10-12-32(19-25)18-24-8-5-7-22-9-11-31-27(22)24/h5,7-8,14-15,20,25,31H,3-4,6,9-13,16-19H2,1-2H3/t25-/m1/s1. The van der Waals surface area contributed by atoms with E-state index in [9.17, 15) is 4.79 Å². The molecule has 6 heteroatoms. The van der Waals surface area contributed by atoms with E-state index in [-0.39, 0.29) is 11.8 Å². The van der Waals surface area contributed by atoms with Crippen LogP contribution in [0.2, 0.25) is 5.02 Å². The molecule has 1 amide bonds. The maximum atomic E-state index is 13.7. The molecule has 5 nitrogen and oxygen atoms in total. The predicted molar refractivity (Wildman–Crippen MR) is 142 cm³/mol. The molecular formula is C29H38ClN3O2. The van der Waals surface area contributed by atoms with Crippen molar-refractivity contribution in [3.05, 3.63) is 57.6 Å². The molecule has 1 saturated heterocycles. The molecule has 1 fully saturated rings. The number of hydrogen-bond acceptors (Lipinski definition) is 4. The molecule has 0 unspecified atom stereocenters. The van der Waals surface area contributed by atoms with Gasteiger partial charge in [-0.15, -0.1) is 0 Å². The van der Waals surface area contributed by atoms with Gasteiger partial charge < -0.3 is 15.0 Å². The van der Waals surface area contributed by atoms with Crippen LogP contribution in [0.5, 0.6) is 5.75 Å². The second-order valence-corrected chi connectivity index (χ2v) is 11.2. The molecule has 0 saturated carbocycles. The molecule has 3 aliphatic heterocycles. The highest BCUT2D eigenvalue weighted by Gasteiger charge is 2.32. The van der Waals surface area contributed by atoms with Gasteiger partial charge in [-0.1, -0.05) is 49.7 Å². The van der Waals surface area contributed by atoms with Crippen LogP contribution in [0.4, 0.5) is 5.69 Å². The van der Waals surface area contributed by atoms with Gasteiger partial charge in [-0.25, -0.2) is 0 Å². The number of para-hydroxylation sites is 1. The normalized spacial score (nSPS) is 19.6. The van der Waals surface area contributed by atoms with Crippen molar-refractivity contribution < 1.29 is 9.53 Å².